The number of nitrogens with zero attached hydrogens (tertiary/aromatic N) is 1. The molecule has 0 aliphatic heterocycles. The van der Waals surface area contributed by atoms with Gasteiger partial charge in [-0.15, -0.1) is 0 Å². The van der Waals surface area contributed by atoms with Crippen molar-refractivity contribution in [3.05, 3.63) is 65.2 Å². The number of aryl methyl sites for hydroxylation is 1. The van der Waals surface area contributed by atoms with E-state index in [9.17, 15) is 10.0 Å². The Morgan fingerprint density at radius 1 is 1.22 bits per heavy atom. The first-order valence-corrected chi connectivity index (χ1v) is 7.54. The summed E-state index contributed by atoms with van der Waals surface area (Å²) in [6, 6.07) is 14.1. The number of benzene rings is 2. The maximum Gasteiger partial charge on any atom is 0.339 e. The second kappa shape index (κ2) is 7.65. The van der Waals surface area contributed by atoms with Crippen LogP contribution in [0.2, 0.25) is 0 Å². The lowest BCUT2D eigenvalue weighted by Gasteiger charge is -2.21. The summed E-state index contributed by atoms with van der Waals surface area (Å²) in [5.41, 5.74) is 8.36. The van der Waals surface area contributed by atoms with Gasteiger partial charge in [0, 0.05) is 6.42 Å². The van der Waals surface area contributed by atoms with Crippen LogP contribution in [0.4, 0.5) is 4.79 Å². The average molecular weight is 314 g/mol. The van der Waals surface area contributed by atoms with Crippen molar-refractivity contribution in [2.24, 2.45) is 5.73 Å². The Labute approximate surface area is 136 Å². The molecule has 2 aromatic rings. The monoisotopic (exact) mass is 314 g/mol. The molecule has 1 atom stereocenters. The number of rotatable bonds is 6. The van der Waals surface area contributed by atoms with Crippen molar-refractivity contribution in [3.8, 4) is 5.75 Å². The van der Waals surface area contributed by atoms with Gasteiger partial charge in [0.25, 0.3) is 0 Å². The predicted molar refractivity (Wildman–Crippen MR) is 88.4 cm³/mol. The molecule has 0 aliphatic rings. The van der Waals surface area contributed by atoms with E-state index >= 15 is 0 Å². The first-order chi connectivity index (χ1) is 11.0. The lowest BCUT2D eigenvalue weighted by Crippen LogP contribution is -2.34. The standard InChI is InChI=1S/C18H22N2O3/c1-13-5-3-4-6-15(13)11-12-23-17-9-7-16(8-10-17)14(2)20(22)18(19)21/h3-10,14,22H,11-12H2,1-2H3,(H2,19,21). The molecule has 3 N–H and O–H groups in total. The Bertz CT molecular complexity index is 656. The van der Waals surface area contributed by atoms with Crippen molar-refractivity contribution in [1.82, 2.24) is 5.06 Å². The molecule has 0 spiro atoms. The predicted octanol–water partition coefficient (Wildman–Crippen LogP) is 3.45. The van der Waals surface area contributed by atoms with Crippen LogP contribution in [0.1, 0.15) is 29.7 Å². The number of ether oxygens (including phenoxy) is 1. The van der Waals surface area contributed by atoms with E-state index in [4.69, 9.17) is 10.5 Å². The van der Waals surface area contributed by atoms with Crippen LogP contribution in [0.25, 0.3) is 0 Å². The van der Waals surface area contributed by atoms with Gasteiger partial charge in [-0.25, -0.2) is 4.79 Å². The van der Waals surface area contributed by atoms with Crippen LogP contribution in [-0.4, -0.2) is 22.9 Å². The molecule has 0 heterocycles. The quantitative estimate of drug-likeness (QED) is 0.633. The lowest BCUT2D eigenvalue weighted by atomic mass is 10.1. The van der Waals surface area contributed by atoms with Crippen molar-refractivity contribution in [1.29, 1.82) is 0 Å². The summed E-state index contributed by atoms with van der Waals surface area (Å²) in [6.07, 6.45) is 0.844. The molecule has 0 aromatic heterocycles. The highest BCUT2D eigenvalue weighted by Crippen LogP contribution is 2.21. The second-order valence-electron chi connectivity index (χ2n) is 5.45. The SMILES string of the molecule is Cc1ccccc1CCOc1ccc(C(C)N(O)C(N)=O)cc1. The number of hydrogen-bond donors (Lipinski definition) is 2. The Hall–Kier alpha value is -2.53. The molecule has 5 nitrogen and oxygen atoms in total. The van der Waals surface area contributed by atoms with Crippen LogP contribution in [0, 0.1) is 6.92 Å². The highest BCUT2D eigenvalue weighted by atomic mass is 16.5. The van der Waals surface area contributed by atoms with Gasteiger partial charge in [-0.3, -0.25) is 5.21 Å². The van der Waals surface area contributed by atoms with Crippen LogP contribution in [0.3, 0.4) is 0 Å². The number of amides is 2. The number of nitrogens with two attached hydrogens (primary N) is 1. The summed E-state index contributed by atoms with van der Waals surface area (Å²) in [6.45, 7) is 4.37. The van der Waals surface area contributed by atoms with E-state index in [0.717, 1.165) is 17.7 Å². The molecule has 0 radical (unpaired) electrons. The summed E-state index contributed by atoms with van der Waals surface area (Å²) in [4.78, 5) is 11.0. The van der Waals surface area contributed by atoms with Gasteiger partial charge in [0.1, 0.15) is 5.75 Å². The number of hydroxylamine groups is 2. The normalized spacial score (nSPS) is 11.8. The van der Waals surface area contributed by atoms with Gasteiger partial charge in [0.15, 0.2) is 0 Å². The van der Waals surface area contributed by atoms with Gasteiger partial charge in [0.2, 0.25) is 0 Å². The van der Waals surface area contributed by atoms with Crippen LogP contribution < -0.4 is 10.5 Å². The third-order valence-corrected chi connectivity index (χ3v) is 3.86. The van der Waals surface area contributed by atoms with Gasteiger partial charge in [-0.2, -0.15) is 5.06 Å². The molecule has 122 valence electrons. The van der Waals surface area contributed by atoms with Crippen LogP contribution >= 0.6 is 0 Å². The smallest absolute Gasteiger partial charge is 0.339 e. The van der Waals surface area contributed by atoms with Crippen LogP contribution in [-0.2, 0) is 6.42 Å². The summed E-state index contributed by atoms with van der Waals surface area (Å²) in [7, 11) is 0. The van der Waals surface area contributed by atoms with Crippen molar-refractivity contribution >= 4 is 6.03 Å². The molecular weight excluding hydrogens is 292 g/mol. The number of carbonyl (C=O) groups excluding carboxylic acids is 1. The van der Waals surface area contributed by atoms with E-state index in [-0.39, 0.29) is 0 Å². The van der Waals surface area contributed by atoms with Gasteiger partial charge in [0.05, 0.1) is 12.6 Å². The first kappa shape index (κ1) is 16.8. The summed E-state index contributed by atoms with van der Waals surface area (Å²) in [5.74, 6) is 0.748. The number of carbonyl (C=O) groups is 1. The zero-order valence-electron chi connectivity index (χ0n) is 13.4. The van der Waals surface area contributed by atoms with Gasteiger partial charge < -0.3 is 10.5 Å². The summed E-state index contributed by atoms with van der Waals surface area (Å²) in [5, 5.41) is 10.0. The third kappa shape index (κ3) is 4.47. The highest BCUT2D eigenvalue weighted by molar-refractivity contribution is 5.71. The molecule has 0 saturated carbocycles. The fourth-order valence-corrected chi connectivity index (χ4v) is 2.34. The molecule has 2 rings (SSSR count). The zero-order valence-corrected chi connectivity index (χ0v) is 13.4. The van der Waals surface area contributed by atoms with Gasteiger partial charge in [-0.1, -0.05) is 36.4 Å². The van der Waals surface area contributed by atoms with Gasteiger partial charge in [-0.05, 0) is 42.7 Å². The molecule has 23 heavy (non-hydrogen) atoms. The molecule has 0 fully saturated rings. The Morgan fingerprint density at radius 2 is 1.87 bits per heavy atom. The summed E-state index contributed by atoms with van der Waals surface area (Å²) >= 11 is 0. The van der Waals surface area contributed by atoms with Gasteiger partial charge >= 0.3 is 6.03 Å². The van der Waals surface area contributed by atoms with E-state index in [2.05, 4.69) is 19.1 Å². The number of urea groups is 1. The molecule has 0 aliphatic carbocycles. The molecule has 2 amide bonds. The Kier molecular flexibility index (Phi) is 5.60. The molecule has 0 bridgehead atoms. The Balaban J connectivity index is 1.90. The minimum absolute atomic E-state index is 0.506. The van der Waals surface area contributed by atoms with E-state index in [1.807, 2.05) is 24.3 Å². The minimum Gasteiger partial charge on any atom is -0.493 e. The topological polar surface area (TPSA) is 75.8 Å². The van der Waals surface area contributed by atoms with Crippen LogP contribution in [0.5, 0.6) is 5.75 Å². The fraction of sp³-hybridized carbons (Fsp3) is 0.278. The second-order valence-corrected chi connectivity index (χ2v) is 5.45. The van der Waals surface area contributed by atoms with Crippen molar-refractivity contribution in [2.75, 3.05) is 6.61 Å². The first-order valence-electron chi connectivity index (χ1n) is 7.54. The maximum atomic E-state index is 11.0. The van der Waals surface area contributed by atoms with E-state index < -0.39 is 12.1 Å². The molecule has 2 aromatic carbocycles. The number of hydrogen-bond acceptors (Lipinski definition) is 3. The molecule has 0 saturated heterocycles. The van der Waals surface area contributed by atoms with E-state index in [1.54, 1.807) is 19.1 Å². The van der Waals surface area contributed by atoms with Crippen molar-refractivity contribution in [2.45, 2.75) is 26.3 Å². The Morgan fingerprint density at radius 3 is 2.48 bits per heavy atom. The van der Waals surface area contributed by atoms with E-state index in [1.165, 1.54) is 11.1 Å². The van der Waals surface area contributed by atoms with Crippen molar-refractivity contribution < 1.29 is 14.7 Å². The largest absolute Gasteiger partial charge is 0.493 e. The lowest BCUT2D eigenvalue weighted by molar-refractivity contribution is -0.0710. The van der Waals surface area contributed by atoms with E-state index in [0.29, 0.717) is 11.7 Å². The average Bonchev–Trinajstić information content (AvgIpc) is 2.56. The maximum absolute atomic E-state index is 11.0. The zero-order chi connectivity index (χ0) is 16.8. The molecular formula is C18H22N2O3. The minimum atomic E-state index is -0.879. The highest BCUT2D eigenvalue weighted by Gasteiger charge is 2.16. The summed E-state index contributed by atoms with van der Waals surface area (Å²) < 4.78 is 5.74. The molecule has 5 heteroatoms. The fourth-order valence-electron chi connectivity index (χ4n) is 2.34. The molecule has 1 unspecified atom stereocenters. The third-order valence-electron chi connectivity index (χ3n) is 3.86. The number of primary amides is 1. The van der Waals surface area contributed by atoms with Crippen molar-refractivity contribution in [3.63, 3.8) is 0 Å². The van der Waals surface area contributed by atoms with Crippen LogP contribution in [0.15, 0.2) is 48.5 Å².